The Kier molecular flexibility index (Phi) is 5.91. The molecule has 1 amide bonds. The van der Waals surface area contributed by atoms with E-state index in [4.69, 9.17) is 5.73 Å². The second-order valence-corrected chi connectivity index (χ2v) is 5.07. The molecule has 0 aliphatic rings. The van der Waals surface area contributed by atoms with E-state index in [1.165, 1.54) is 0 Å². The van der Waals surface area contributed by atoms with Gasteiger partial charge >= 0.3 is 0 Å². The third kappa shape index (κ3) is 5.13. The molecule has 0 radical (unpaired) electrons. The van der Waals surface area contributed by atoms with Crippen LogP contribution in [0.25, 0.3) is 0 Å². The van der Waals surface area contributed by atoms with Gasteiger partial charge in [0.1, 0.15) is 0 Å². The van der Waals surface area contributed by atoms with Crippen molar-refractivity contribution in [2.75, 3.05) is 31.3 Å². The number of thioether (sulfide) groups is 1. The lowest BCUT2D eigenvalue weighted by atomic mass is 10.1. The van der Waals surface area contributed by atoms with Crippen molar-refractivity contribution in [3.05, 3.63) is 29.8 Å². The molecule has 0 aliphatic heterocycles. The summed E-state index contributed by atoms with van der Waals surface area (Å²) in [6.07, 6.45) is 3.55. The first-order valence-electron chi connectivity index (χ1n) is 5.71. The number of carbonyl (C=O) groups is 1. The Balaban J connectivity index is 2.43. The number of nitrogens with zero attached hydrogens (tertiary/aromatic N) is 1. The Morgan fingerprint density at radius 1 is 1.47 bits per heavy atom. The average Bonchev–Trinajstić information content (AvgIpc) is 2.29. The molecular weight excluding hydrogens is 232 g/mol. The number of nitrogen functional groups attached to an aromatic ring is 1. The highest BCUT2D eigenvalue weighted by atomic mass is 32.2. The van der Waals surface area contributed by atoms with Crippen LogP contribution in [0.4, 0.5) is 5.69 Å². The number of carbonyl (C=O) groups excluding carboxylic acids is 1. The Hall–Kier alpha value is -1.16. The first kappa shape index (κ1) is 13.9. The summed E-state index contributed by atoms with van der Waals surface area (Å²) in [6, 6.07) is 7.50. The van der Waals surface area contributed by atoms with E-state index in [1.54, 1.807) is 16.7 Å². The van der Waals surface area contributed by atoms with Crippen LogP contribution < -0.4 is 5.73 Å². The second kappa shape index (κ2) is 7.22. The Morgan fingerprint density at radius 2 is 2.24 bits per heavy atom. The van der Waals surface area contributed by atoms with Gasteiger partial charge in [0.15, 0.2) is 0 Å². The minimum Gasteiger partial charge on any atom is -0.399 e. The van der Waals surface area contributed by atoms with Crippen LogP contribution in [0.2, 0.25) is 0 Å². The number of rotatable bonds is 6. The van der Waals surface area contributed by atoms with Gasteiger partial charge < -0.3 is 10.6 Å². The molecular formula is C13H20N2OS. The van der Waals surface area contributed by atoms with Crippen molar-refractivity contribution in [2.45, 2.75) is 12.8 Å². The van der Waals surface area contributed by atoms with E-state index >= 15 is 0 Å². The molecule has 0 heterocycles. The second-order valence-electron chi connectivity index (χ2n) is 4.08. The van der Waals surface area contributed by atoms with Gasteiger partial charge in [-0.2, -0.15) is 11.8 Å². The van der Waals surface area contributed by atoms with E-state index in [-0.39, 0.29) is 5.91 Å². The van der Waals surface area contributed by atoms with Crippen molar-refractivity contribution < 1.29 is 4.79 Å². The Labute approximate surface area is 107 Å². The van der Waals surface area contributed by atoms with Crippen LogP contribution in [0.1, 0.15) is 12.0 Å². The predicted molar refractivity (Wildman–Crippen MR) is 75.2 cm³/mol. The maximum absolute atomic E-state index is 11.9. The van der Waals surface area contributed by atoms with E-state index in [2.05, 4.69) is 6.26 Å². The topological polar surface area (TPSA) is 46.3 Å². The average molecular weight is 252 g/mol. The summed E-state index contributed by atoms with van der Waals surface area (Å²) in [7, 11) is 1.86. The van der Waals surface area contributed by atoms with Crippen LogP contribution in [-0.2, 0) is 11.2 Å². The van der Waals surface area contributed by atoms with Crippen LogP contribution in [0, 0.1) is 0 Å². The lowest BCUT2D eigenvalue weighted by molar-refractivity contribution is -0.129. The molecule has 1 rings (SSSR count). The first-order valence-corrected chi connectivity index (χ1v) is 7.10. The van der Waals surface area contributed by atoms with Gasteiger partial charge in [-0.05, 0) is 36.1 Å². The van der Waals surface area contributed by atoms with Gasteiger partial charge in [0, 0.05) is 19.3 Å². The summed E-state index contributed by atoms with van der Waals surface area (Å²) in [5, 5.41) is 0. The van der Waals surface area contributed by atoms with Gasteiger partial charge in [0.2, 0.25) is 5.91 Å². The zero-order valence-corrected chi connectivity index (χ0v) is 11.3. The SMILES string of the molecule is CSCCCN(C)C(=O)Cc1cccc(N)c1. The molecule has 0 fully saturated rings. The van der Waals surface area contributed by atoms with E-state index in [0.29, 0.717) is 12.1 Å². The van der Waals surface area contributed by atoms with Gasteiger partial charge in [-0.1, -0.05) is 12.1 Å². The van der Waals surface area contributed by atoms with Crippen molar-refractivity contribution in [2.24, 2.45) is 0 Å². The van der Waals surface area contributed by atoms with Gasteiger partial charge in [0.25, 0.3) is 0 Å². The van der Waals surface area contributed by atoms with Crippen molar-refractivity contribution in [3.63, 3.8) is 0 Å². The number of hydrogen-bond acceptors (Lipinski definition) is 3. The molecule has 3 nitrogen and oxygen atoms in total. The van der Waals surface area contributed by atoms with E-state index in [0.717, 1.165) is 24.3 Å². The maximum atomic E-state index is 11.9. The van der Waals surface area contributed by atoms with E-state index in [9.17, 15) is 4.79 Å². The standard InChI is InChI=1S/C13H20N2OS/c1-15(7-4-8-17-2)13(16)10-11-5-3-6-12(14)9-11/h3,5-6,9H,4,7-8,10,14H2,1-2H3. The van der Waals surface area contributed by atoms with Crippen molar-refractivity contribution >= 4 is 23.4 Å². The number of hydrogen-bond donors (Lipinski definition) is 1. The summed E-state index contributed by atoms with van der Waals surface area (Å²) in [6.45, 7) is 0.821. The van der Waals surface area contributed by atoms with Crippen LogP contribution in [0.5, 0.6) is 0 Å². The zero-order chi connectivity index (χ0) is 12.7. The molecule has 4 heteroatoms. The Morgan fingerprint density at radius 3 is 2.88 bits per heavy atom. The normalized spacial score (nSPS) is 10.2. The molecule has 17 heavy (non-hydrogen) atoms. The summed E-state index contributed by atoms with van der Waals surface area (Å²) in [5.41, 5.74) is 7.37. The van der Waals surface area contributed by atoms with Gasteiger partial charge in [-0.15, -0.1) is 0 Å². The summed E-state index contributed by atoms with van der Waals surface area (Å²) in [5.74, 6) is 1.24. The molecule has 1 aromatic carbocycles. The minimum atomic E-state index is 0.150. The molecule has 0 atom stereocenters. The molecule has 0 saturated carbocycles. The molecule has 94 valence electrons. The molecule has 0 unspecified atom stereocenters. The van der Waals surface area contributed by atoms with Gasteiger partial charge in [0.05, 0.1) is 6.42 Å². The minimum absolute atomic E-state index is 0.150. The number of benzene rings is 1. The molecule has 0 aromatic heterocycles. The van der Waals surface area contributed by atoms with Crippen LogP contribution in [-0.4, -0.2) is 36.4 Å². The molecule has 0 bridgehead atoms. The fraction of sp³-hybridized carbons (Fsp3) is 0.462. The lowest BCUT2D eigenvalue weighted by Gasteiger charge is -2.16. The largest absolute Gasteiger partial charge is 0.399 e. The highest BCUT2D eigenvalue weighted by Crippen LogP contribution is 2.08. The molecule has 0 aliphatic carbocycles. The molecule has 0 spiro atoms. The maximum Gasteiger partial charge on any atom is 0.226 e. The highest BCUT2D eigenvalue weighted by molar-refractivity contribution is 7.98. The Bertz CT molecular complexity index is 368. The molecule has 1 aromatic rings. The van der Waals surface area contributed by atoms with Gasteiger partial charge in [-0.25, -0.2) is 0 Å². The van der Waals surface area contributed by atoms with E-state index < -0.39 is 0 Å². The van der Waals surface area contributed by atoms with E-state index in [1.807, 2.05) is 31.3 Å². The number of likely N-dealkylation sites (N-methyl/N-ethyl adjacent to an activating group) is 1. The fourth-order valence-electron chi connectivity index (χ4n) is 1.58. The third-order valence-electron chi connectivity index (χ3n) is 2.57. The first-order chi connectivity index (χ1) is 8.13. The smallest absolute Gasteiger partial charge is 0.226 e. The highest BCUT2D eigenvalue weighted by Gasteiger charge is 2.09. The lowest BCUT2D eigenvalue weighted by Crippen LogP contribution is -2.29. The van der Waals surface area contributed by atoms with Crippen LogP contribution in [0.15, 0.2) is 24.3 Å². The third-order valence-corrected chi connectivity index (χ3v) is 3.27. The molecule has 0 saturated heterocycles. The number of anilines is 1. The number of nitrogens with two attached hydrogens (primary N) is 1. The van der Waals surface area contributed by atoms with Gasteiger partial charge in [-0.3, -0.25) is 4.79 Å². The molecule has 2 N–H and O–H groups in total. The zero-order valence-electron chi connectivity index (χ0n) is 10.5. The summed E-state index contributed by atoms with van der Waals surface area (Å²) >= 11 is 1.81. The summed E-state index contributed by atoms with van der Waals surface area (Å²) in [4.78, 5) is 13.7. The quantitative estimate of drug-likeness (QED) is 0.622. The number of amides is 1. The van der Waals surface area contributed by atoms with Crippen LogP contribution in [0.3, 0.4) is 0 Å². The van der Waals surface area contributed by atoms with Crippen molar-refractivity contribution in [1.82, 2.24) is 4.90 Å². The fourth-order valence-corrected chi connectivity index (χ4v) is 2.00. The monoisotopic (exact) mass is 252 g/mol. The predicted octanol–water partition coefficient (Wildman–Crippen LogP) is 2.02. The van der Waals surface area contributed by atoms with Crippen LogP contribution >= 0.6 is 11.8 Å². The van der Waals surface area contributed by atoms with Crippen molar-refractivity contribution in [3.8, 4) is 0 Å². The van der Waals surface area contributed by atoms with Crippen molar-refractivity contribution in [1.29, 1.82) is 0 Å². The summed E-state index contributed by atoms with van der Waals surface area (Å²) < 4.78 is 0.